The van der Waals surface area contributed by atoms with Crippen molar-refractivity contribution in [2.24, 2.45) is 0 Å². The summed E-state index contributed by atoms with van der Waals surface area (Å²) in [4.78, 5) is 18.0. The summed E-state index contributed by atoms with van der Waals surface area (Å²) in [6, 6.07) is 12.1. The Bertz CT molecular complexity index is 943. The lowest BCUT2D eigenvalue weighted by Crippen LogP contribution is -2.43. The first-order valence-electron chi connectivity index (χ1n) is 11.4. The van der Waals surface area contributed by atoms with E-state index in [9.17, 15) is 4.79 Å². The number of anilines is 1. The van der Waals surface area contributed by atoms with Gasteiger partial charge in [-0.1, -0.05) is 12.1 Å². The fraction of sp³-hybridized carbons (Fsp3) is 0.480. The minimum absolute atomic E-state index is 0.0288. The van der Waals surface area contributed by atoms with E-state index in [-0.39, 0.29) is 11.9 Å². The van der Waals surface area contributed by atoms with E-state index in [0.29, 0.717) is 18.0 Å². The molecule has 0 bridgehead atoms. The maximum atomic E-state index is 13.6. The number of piperazine rings is 1. The smallest absolute Gasteiger partial charge is 0.255 e. The van der Waals surface area contributed by atoms with Crippen LogP contribution in [-0.2, 0) is 6.54 Å². The Hall–Kier alpha value is -2.77. The van der Waals surface area contributed by atoms with Crippen molar-refractivity contribution in [2.75, 3.05) is 58.9 Å². The lowest BCUT2D eigenvalue weighted by atomic mass is 9.99. The van der Waals surface area contributed by atoms with E-state index in [4.69, 9.17) is 9.47 Å². The summed E-state index contributed by atoms with van der Waals surface area (Å²) in [7, 11) is 5.25. The number of benzene rings is 2. The Morgan fingerprint density at radius 1 is 1.09 bits per heavy atom. The summed E-state index contributed by atoms with van der Waals surface area (Å²) in [5.41, 5.74) is 4.25. The molecule has 1 saturated heterocycles. The molecule has 1 amide bonds. The second-order valence-electron chi connectivity index (χ2n) is 8.35. The van der Waals surface area contributed by atoms with Crippen molar-refractivity contribution >= 4 is 11.6 Å². The van der Waals surface area contributed by atoms with E-state index in [1.165, 1.54) is 5.69 Å². The van der Waals surface area contributed by atoms with E-state index < -0.39 is 0 Å². The maximum Gasteiger partial charge on any atom is 0.255 e. The van der Waals surface area contributed by atoms with Gasteiger partial charge in [0.15, 0.2) is 11.5 Å². The zero-order valence-electron chi connectivity index (χ0n) is 19.3. The zero-order chi connectivity index (χ0) is 22.5. The van der Waals surface area contributed by atoms with Crippen LogP contribution < -0.4 is 25.0 Å². The summed E-state index contributed by atoms with van der Waals surface area (Å²) in [6.45, 7) is 5.41. The number of fused-ring (bicyclic) bond motifs is 1. The predicted octanol–water partition coefficient (Wildman–Crippen LogP) is 2.81. The average Bonchev–Trinajstić information content (AvgIpc) is 3.18. The summed E-state index contributed by atoms with van der Waals surface area (Å²) in [5, 5.41) is 6.64. The molecule has 0 unspecified atom stereocenters. The Labute approximate surface area is 190 Å². The third-order valence-electron chi connectivity index (χ3n) is 6.50. The highest BCUT2D eigenvalue weighted by Crippen LogP contribution is 2.40. The van der Waals surface area contributed by atoms with Crippen molar-refractivity contribution in [1.29, 1.82) is 0 Å². The Morgan fingerprint density at radius 3 is 2.59 bits per heavy atom. The first-order valence-corrected chi connectivity index (χ1v) is 11.4. The lowest BCUT2D eigenvalue weighted by Gasteiger charge is -2.32. The highest BCUT2D eigenvalue weighted by molar-refractivity contribution is 6.00. The molecule has 0 aliphatic carbocycles. The SMILES string of the molecule is CNCCC[C@H](c1ccc(OC)c(OC)c1)N1Cc2c(cccc2N2CCNCC2)C1=O. The molecule has 2 heterocycles. The number of carbonyl (C=O) groups is 1. The monoisotopic (exact) mass is 438 g/mol. The molecular formula is C25H34N4O3. The van der Waals surface area contributed by atoms with Gasteiger partial charge in [-0.15, -0.1) is 0 Å². The zero-order valence-corrected chi connectivity index (χ0v) is 19.3. The average molecular weight is 439 g/mol. The number of nitrogens with one attached hydrogen (secondary N) is 2. The fourth-order valence-corrected chi connectivity index (χ4v) is 4.83. The van der Waals surface area contributed by atoms with Gasteiger partial charge in [-0.3, -0.25) is 4.79 Å². The minimum Gasteiger partial charge on any atom is -0.493 e. The van der Waals surface area contributed by atoms with Gasteiger partial charge in [0.1, 0.15) is 0 Å². The van der Waals surface area contributed by atoms with Crippen molar-refractivity contribution < 1.29 is 14.3 Å². The van der Waals surface area contributed by atoms with Gasteiger partial charge in [0, 0.05) is 49.5 Å². The number of nitrogens with zero attached hydrogens (tertiary/aromatic N) is 2. The van der Waals surface area contributed by atoms with Crippen molar-refractivity contribution in [3.8, 4) is 11.5 Å². The van der Waals surface area contributed by atoms with Gasteiger partial charge >= 0.3 is 0 Å². The number of methoxy groups -OCH3 is 2. The third kappa shape index (κ3) is 4.40. The van der Waals surface area contributed by atoms with Crippen LogP contribution in [0.2, 0.25) is 0 Å². The van der Waals surface area contributed by atoms with Crippen LogP contribution in [0.3, 0.4) is 0 Å². The van der Waals surface area contributed by atoms with Crippen LogP contribution in [0, 0.1) is 0 Å². The normalized spacial score (nSPS) is 16.8. The molecule has 0 spiro atoms. The van der Waals surface area contributed by atoms with Gasteiger partial charge in [0.25, 0.3) is 5.91 Å². The van der Waals surface area contributed by atoms with Crippen molar-refractivity contribution in [1.82, 2.24) is 15.5 Å². The molecular weight excluding hydrogens is 404 g/mol. The van der Waals surface area contributed by atoms with Gasteiger partial charge < -0.3 is 29.9 Å². The topological polar surface area (TPSA) is 66.1 Å². The molecule has 7 heteroatoms. The number of hydrogen-bond acceptors (Lipinski definition) is 6. The van der Waals surface area contributed by atoms with Crippen molar-refractivity contribution in [3.05, 3.63) is 53.1 Å². The molecule has 1 fully saturated rings. The highest BCUT2D eigenvalue weighted by Gasteiger charge is 2.36. The summed E-state index contributed by atoms with van der Waals surface area (Å²) < 4.78 is 11.0. The molecule has 0 radical (unpaired) electrons. The Morgan fingerprint density at radius 2 is 1.88 bits per heavy atom. The highest BCUT2D eigenvalue weighted by atomic mass is 16.5. The van der Waals surface area contributed by atoms with Gasteiger partial charge in [-0.2, -0.15) is 0 Å². The Balaban J connectivity index is 1.66. The number of rotatable bonds is 9. The Kier molecular flexibility index (Phi) is 7.17. The standard InChI is InChI=1S/C25H34N4O3/c1-26-11-5-8-21(18-9-10-23(31-2)24(16-18)32-3)29-17-20-19(25(29)30)6-4-7-22(20)28-14-12-27-13-15-28/h4,6-7,9-10,16,21,26-27H,5,8,11-15,17H2,1-3H3/t21-/m1/s1. The molecule has 4 rings (SSSR count). The van der Waals surface area contributed by atoms with Gasteiger partial charge in [-0.25, -0.2) is 0 Å². The molecule has 2 aromatic rings. The number of carbonyl (C=O) groups excluding carboxylic acids is 1. The number of ether oxygens (including phenoxy) is 2. The van der Waals surface area contributed by atoms with Crippen LogP contribution in [-0.4, -0.2) is 64.8 Å². The second-order valence-corrected chi connectivity index (χ2v) is 8.35. The molecule has 2 aliphatic rings. The number of amides is 1. The van der Waals surface area contributed by atoms with E-state index >= 15 is 0 Å². The lowest BCUT2D eigenvalue weighted by molar-refractivity contribution is 0.0689. The summed E-state index contributed by atoms with van der Waals surface area (Å²) in [6.07, 6.45) is 1.85. The van der Waals surface area contributed by atoms with Crippen LogP contribution in [0.4, 0.5) is 5.69 Å². The number of hydrogen-bond donors (Lipinski definition) is 2. The quantitative estimate of drug-likeness (QED) is 0.587. The molecule has 7 nitrogen and oxygen atoms in total. The van der Waals surface area contributed by atoms with Gasteiger partial charge in [-0.05, 0) is 56.3 Å². The first-order chi connectivity index (χ1) is 15.7. The van der Waals surface area contributed by atoms with E-state index in [2.05, 4.69) is 27.7 Å². The second kappa shape index (κ2) is 10.2. The molecule has 32 heavy (non-hydrogen) atoms. The van der Waals surface area contributed by atoms with Crippen LogP contribution in [0.15, 0.2) is 36.4 Å². The van der Waals surface area contributed by atoms with Crippen LogP contribution in [0.5, 0.6) is 11.5 Å². The van der Waals surface area contributed by atoms with Crippen LogP contribution in [0.1, 0.15) is 40.4 Å². The molecule has 0 saturated carbocycles. The molecule has 2 aliphatic heterocycles. The molecule has 1 atom stereocenters. The van der Waals surface area contributed by atoms with Crippen LogP contribution >= 0.6 is 0 Å². The summed E-state index contributed by atoms with van der Waals surface area (Å²) in [5.74, 6) is 1.50. The van der Waals surface area contributed by atoms with Gasteiger partial charge in [0.2, 0.25) is 0 Å². The maximum absolute atomic E-state index is 13.6. The largest absolute Gasteiger partial charge is 0.493 e. The third-order valence-corrected chi connectivity index (χ3v) is 6.50. The van der Waals surface area contributed by atoms with Crippen LogP contribution in [0.25, 0.3) is 0 Å². The van der Waals surface area contributed by atoms with E-state index in [0.717, 1.165) is 62.3 Å². The molecule has 0 aromatic heterocycles. The molecule has 2 aromatic carbocycles. The van der Waals surface area contributed by atoms with Crippen molar-refractivity contribution in [2.45, 2.75) is 25.4 Å². The fourth-order valence-electron chi connectivity index (χ4n) is 4.83. The summed E-state index contributed by atoms with van der Waals surface area (Å²) >= 11 is 0. The molecule has 2 N–H and O–H groups in total. The minimum atomic E-state index is -0.0288. The molecule has 172 valence electrons. The predicted molar refractivity (Wildman–Crippen MR) is 127 cm³/mol. The van der Waals surface area contributed by atoms with E-state index in [1.54, 1.807) is 14.2 Å². The van der Waals surface area contributed by atoms with E-state index in [1.807, 2.05) is 36.2 Å². The van der Waals surface area contributed by atoms with Gasteiger partial charge in [0.05, 0.1) is 20.3 Å². The van der Waals surface area contributed by atoms with Crippen molar-refractivity contribution in [3.63, 3.8) is 0 Å². The first kappa shape index (κ1) is 22.4.